The molecule has 0 rings (SSSR count). The number of hydrogen-bond donors (Lipinski definition) is 0. The van der Waals surface area contributed by atoms with Crippen LogP contribution in [-0.2, 0) is 28.6 Å². The number of unbranched alkanes of at least 4 members (excludes halogenated alkanes) is 12. The zero-order valence-corrected chi connectivity index (χ0v) is 34.0. The van der Waals surface area contributed by atoms with E-state index in [0.717, 1.165) is 122 Å². The van der Waals surface area contributed by atoms with Crippen LogP contribution in [0.2, 0.25) is 0 Å². The van der Waals surface area contributed by atoms with Crippen molar-refractivity contribution in [3.63, 3.8) is 0 Å². The van der Waals surface area contributed by atoms with E-state index < -0.39 is 6.10 Å². The molecule has 0 saturated heterocycles. The first-order valence-corrected chi connectivity index (χ1v) is 21.1. The summed E-state index contributed by atoms with van der Waals surface area (Å²) in [4.78, 5) is 37.6. The molecule has 0 amide bonds. The number of rotatable bonds is 36. The summed E-state index contributed by atoms with van der Waals surface area (Å²) in [7, 11) is 0. The maximum atomic E-state index is 12.7. The van der Waals surface area contributed by atoms with Crippen LogP contribution in [0.15, 0.2) is 85.1 Å². The highest BCUT2D eigenvalue weighted by Crippen LogP contribution is 2.11. The van der Waals surface area contributed by atoms with Crippen LogP contribution >= 0.6 is 0 Å². The summed E-state index contributed by atoms with van der Waals surface area (Å²) in [5, 5.41) is 0. The van der Waals surface area contributed by atoms with E-state index in [9.17, 15) is 14.4 Å². The molecule has 0 aliphatic heterocycles. The van der Waals surface area contributed by atoms with Gasteiger partial charge in [-0.1, -0.05) is 144 Å². The summed E-state index contributed by atoms with van der Waals surface area (Å²) in [6.45, 7) is 6.25. The van der Waals surface area contributed by atoms with Gasteiger partial charge in [-0.05, 0) is 96.3 Å². The van der Waals surface area contributed by atoms with Gasteiger partial charge in [-0.25, -0.2) is 0 Å². The Bertz CT molecular complexity index is 1080. The second-order valence-electron chi connectivity index (χ2n) is 13.5. The Kier molecular flexibility index (Phi) is 38.7. The van der Waals surface area contributed by atoms with Gasteiger partial charge in [0.25, 0.3) is 0 Å². The molecule has 0 saturated carbocycles. The summed E-state index contributed by atoms with van der Waals surface area (Å²) in [6, 6.07) is 0. The van der Waals surface area contributed by atoms with E-state index in [1.807, 2.05) is 0 Å². The Morgan fingerprint density at radius 2 is 0.792 bits per heavy atom. The van der Waals surface area contributed by atoms with Gasteiger partial charge < -0.3 is 14.2 Å². The maximum Gasteiger partial charge on any atom is 0.306 e. The van der Waals surface area contributed by atoms with Crippen LogP contribution in [0.4, 0.5) is 0 Å². The lowest BCUT2D eigenvalue weighted by Gasteiger charge is -2.18. The second-order valence-corrected chi connectivity index (χ2v) is 13.5. The number of esters is 3. The highest BCUT2D eigenvalue weighted by atomic mass is 16.6. The molecule has 0 aliphatic rings. The average molecular weight is 737 g/mol. The number of hydrogen-bond acceptors (Lipinski definition) is 6. The monoisotopic (exact) mass is 737 g/mol. The topological polar surface area (TPSA) is 78.9 Å². The van der Waals surface area contributed by atoms with Crippen molar-refractivity contribution in [1.29, 1.82) is 0 Å². The first kappa shape index (κ1) is 49.6. The molecule has 1 unspecified atom stereocenters. The molecular formula is C47H76O6. The van der Waals surface area contributed by atoms with E-state index in [2.05, 4.69) is 106 Å². The fraction of sp³-hybridized carbons (Fsp3) is 0.638. The van der Waals surface area contributed by atoms with Crippen LogP contribution in [-0.4, -0.2) is 37.2 Å². The second kappa shape index (κ2) is 41.3. The lowest BCUT2D eigenvalue weighted by Crippen LogP contribution is -2.30. The molecule has 0 aliphatic carbocycles. The third-order valence-corrected chi connectivity index (χ3v) is 8.39. The van der Waals surface area contributed by atoms with Crippen molar-refractivity contribution in [2.75, 3.05) is 13.2 Å². The normalized spacial score (nSPS) is 12.9. The third-order valence-electron chi connectivity index (χ3n) is 8.39. The van der Waals surface area contributed by atoms with Gasteiger partial charge in [0, 0.05) is 19.3 Å². The van der Waals surface area contributed by atoms with Gasteiger partial charge in [-0.3, -0.25) is 14.4 Å². The number of carbonyl (C=O) groups is 3. The SMILES string of the molecule is CC/C=C\C/C=C\C/C=C\CCCCC(=O)OCC(COC(=O)CCCCC/C=C\C=C/CCCC)OC(=O)CCCCCCC/C=C\C/C=C\CC. The predicted octanol–water partition coefficient (Wildman–Crippen LogP) is 13.3. The molecular weight excluding hydrogens is 661 g/mol. The molecule has 0 fully saturated rings. The Morgan fingerprint density at radius 3 is 1.32 bits per heavy atom. The lowest BCUT2D eigenvalue weighted by molar-refractivity contribution is -0.167. The van der Waals surface area contributed by atoms with Crippen molar-refractivity contribution < 1.29 is 28.6 Å². The van der Waals surface area contributed by atoms with E-state index in [0.29, 0.717) is 19.3 Å². The van der Waals surface area contributed by atoms with Gasteiger partial charge in [0.2, 0.25) is 0 Å². The van der Waals surface area contributed by atoms with Gasteiger partial charge in [0.15, 0.2) is 6.10 Å². The van der Waals surface area contributed by atoms with Crippen LogP contribution in [0.1, 0.15) is 175 Å². The standard InChI is InChI=1S/C47H76O6/c1-4-7-10-13-16-19-22-25-28-31-34-37-40-46(49)52-43-44(42-51-45(48)39-36-33-30-27-24-21-18-15-12-9-6-3)53-47(50)41-38-35-32-29-26-23-20-17-14-11-8-5-2/h7-8,10-11,15-21,24-25,28,44H,4-6,9,12-14,22-23,26-27,29-43H2,1-3H3/b10-7-,11-8-,18-15-,19-16-,20-17-,24-21-,28-25-. The average Bonchev–Trinajstić information content (AvgIpc) is 3.15. The van der Waals surface area contributed by atoms with Crippen LogP contribution in [0, 0.1) is 0 Å². The fourth-order valence-electron chi connectivity index (χ4n) is 5.23. The van der Waals surface area contributed by atoms with E-state index in [4.69, 9.17) is 14.2 Å². The van der Waals surface area contributed by atoms with Gasteiger partial charge in [0.1, 0.15) is 13.2 Å². The molecule has 1 atom stereocenters. The minimum atomic E-state index is -0.807. The molecule has 53 heavy (non-hydrogen) atoms. The highest BCUT2D eigenvalue weighted by molar-refractivity contribution is 5.71. The van der Waals surface area contributed by atoms with Crippen molar-refractivity contribution in [2.45, 2.75) is 181 Å². The summed E-state index contributed by atoms with van der Waals surface area (Å²) in [6.07, 6.45) is 51.4. The molecule has 0 aromatic heterocycles. The minimum Gasteiger partial charge on any atom is -0.462 e. The summed E-state index contributed by atoms with van der Waals surface area (Å²) in [5.41, 5.74) is 0. The van der Waals surface area contributed by atoms with Gasteiger partial charge in [-0.15, -0.1) is 0 Å². The van der Waals surface area contributed by atoms with E-state index in [-0.39, 0.29) is 31.1 Å². The summed E-state index contributed by atoms with van der Waals surface area (Å²) >= 11 is 0. The molecule has 6 heteroatoms. The smallest absolute Gasteiger partial charge is 0.306 e. The summed E-state index contributed by atoms with van der Waals surface area (Å²) < 4.78 is 16.6. The molecule has 0 bridgehead atoms. The van der Waals surface area contributed by atoms with Crippen molar-refractivity contribution >= 4 is 17.9 Å². The highest BCUT2D eigenvalue weighted by Gasteiger charge is 2.19. The minimum absolute atomic E-state index is 0.110. The molecule has 0 heterocycles. The number of carbonyl (C=O) groups excluding carboxylic acids is 3. The quantitative estimate of drug-likeness (QED) is 0.0209. The predicted molar refractivity (Wildman–Crippen MR) is 224 cm³/mol. The van der Waals surface area contributed by atoms with E-state index in [1.165, 1.54) is 12.8 Å². The number of ether oxygens (including phenoxy) is 3. The Balaban J connectivity index is 4.52. The van der Waals surface area contributed by atoms with E-state index >= 15 is 0 Å². The largest absolute Gasteiger partial charge is 0.462 e. The Labute approximate surface area is 325 Å². The zero-order chi connectivity index (χ0) is 38.7. The third kappa shape index (κ3) is 39.6. The van der Waals surface area contributed by atoms with Crippen LogP contribution < -0.4 is 0 Å². The molecule has 300 valence electrons. The van der Waals surface area contributed by atoms with E-state index in [1.54, 1.807) is 0 Å². The first-order valence-electron chi connectivity index (χ1n) is 21.1. The maximum absolute atomic E-state index is 12.7. The van der Waals surface area contributed by atoms with Crippen molar-refractivity contribution in [1.82, 2.24) is 0 Å². The van der Waals surface area contributed by atoms with Crippen LogP contribution in [0.3, 0.4) is 0 Å². The van der Waals surface area contributed by atoms with Gasteiger partial charge in [0.05, 0.1) is 0 Å². The van der Waals surface area contributed by atoms with Crippen molar-refractivity contribution in [2.24, 2.45) is 0 Å². The lowest BCUT2D eigenvalue weighted by atomic mass is 10.1. The molecule has 0 N–H and O–H groups in total. The molecule has 0 aromatic carbocycles. The molecule has 6 nitrogen and oxygen atoms in total. The van der Waals surface area contributed by atoms with Crippen molar-refractivity contribution in [3.05, 3.63) is 85.1 Å². The Morgan fingerprint density at radius 1 is 0.415 bits per heavy atom. The fourth-order valence-corrected chi connectivity index (χ4v) is 5.23. The van der Waals surface area contributed by atoms with Crippen LogP contribution in [0.5, 0.6) is 0 Å². The number of allylic oxidation sites excluding steroid dienone is 14. The van der Waals surface area contributed by atoms with Crippen molar-refractivity contribution in [3.8, 4) is 0 Å². The van der Waals surface area contributed by atoms with Gasteiger partial charge in [-0.2, -0.15) is 0 Å². The molecule has 0 aromatic rings. The zero-order valence-electron chi connectivity index (χ0n) is 34.0. The Hall–Kier alpha value is -3.41. The summed E-state index contributed by atoms with van der Waals surface area (Å²) in [5.74, 6) is -1.00. The van der Waals surface area contributed by atoms with Crippen LogP contribution in [0.25, 0.3) is 0 Å². The molecule has 0 spiro atoms. The first-order chi connectivity index (χ1) is 26.0. The van der Waals surface area contributed by atoms with Gasteiger partial charge >= 0.3 is 17.9 Å². The molecule has 0 radical (unpaired) electrons.